The van der Waals surface area contributed by atoms with Crippen molar-refractivity contribution in [3.63, 3.8) is 0 Å². The Morgan fingerprint density at radius 1 is 1.47 bits per heavy atom. The molecule has 98 valence electrons. The molecule has 17 heavy (non-hydrogen) atoms. The molecule has 0 unspecified atom stereocenters. The molecule has 0 radical (unpaired) electrons. The van der Waals surface area contributed by atoms with E-state index in [4.69, 9.17) is 5.73 Å². The van der Waals surface area contributed by atoms with Gasteiger partial charge in [-0.25, -0.2) is 0 Å². The minimum Gasteiger partial charge on any atom is -0.370 e. The number of nitrogens with two attached hydrogens (primary N) is 1. The number of hydrogen-bond donors (Lipinski definition) is 2. The van der Waals surface area contributed by atoms with Crippen molar-refractivity contribution in [2.75, 3.05) is 19.6 Å². The second kappa shape index (κ2) is 6.47. The third kappa shape index (κ3) is 5.06. The summed E-state index contributed by atoms with van der Waals surface area (Å²) in [6.07, 6.45) is 1.88. The average Bonchev–Trinajstić information content (AvgIpc) is 2.26. The van der Waals surface area contributed by atoms with Crippen LogP contribution >= 0.6 is 0 Å². The molecule has 0 aromatic rings. The van der Waals surface area contributed by atoms with Gasteiger partial charge >= 0.3 is 0 Å². The molecule has 0 aromatic carbocycles. The minimum absolute atomic E-state index is 0.0462. The molecular weight excluding hydrogens is 216 g/mol. The Kier molecular flexibility index (Phi) is 5.25. The van der Waals surface area contributed by atoms with Crippen LogP contribution < -0.4 is 11.1 Å². The number of hydrogen-bond acceptors (Lipinski definition) is 2. The maximum Gasteiger partial charge on any atom is 0.217 e. The van der Waals surface area contributed by atoms with Crippen LogP contribution in [0.4, 0.5) is 0 Å². The van der Waals surface area contributed by atoms with Gasteiger partial charge in [0.15, 0.2) is 5.96 Å². The zero-order valence-corrected chi connectivity index (χ0v) is 11.1. The van der Waals surface area contributed by atoms with E-state index in [0.717, 1.165) is 32.5 Å². The summed E-state index contributed by atoms with van der Waals surface area (Å²) in [7, 11) is 0. The molecule has 1 aliphatic rings. The predicted octanol–water partition coefficient (Wildman–Crippen LogP) is 0.558. The fourth-order valence-electron chi connectivity index (χ4n) is 1.92. The number of carbonyl (C=O) groups is 1. The van der Waals surface area contributed by atoms with E-state index < -0.39 is 0 Å². The lowest BCUT2D eigenvalue weighted by Gasteiger charge is -2.32. The normalized spacial score (nSPS) is 18.6. The molecule has 0 aromatic heterocycles. The molecule has 1 saturated heterocycles. The van der Waals surface area contributed by atoms with Crippen molar-refractivity contribution in [3.05, 3.63) is 0 Å². The Morgan fingerprint density at radius 2 is 2.06 bits per heavy atom. The van der Waals surface area contributed by atoms with Crippen LogP contribution in [-0.4, -0.2) is 42.4 Å². The summed E-state index contributed by atoms with van der Waals surface area (Å²) in [6.45, 7) is 8.33. The van der Waals surface area contributed by atoms with Crippen molar-refractivity contribution in [3.8, 4) is 0 Å². The van der Waals surface area contributed by atoms with E-state index in [1.165, 1.54) is 0 Å². The third-order valence-electron chi connectivity index (χ3n) is 2.84. The lowest BCUT2D eigenvalue weighted by Crippen LogP contribution is -2.48. The van der Waals surface area contributed by atoms with E-state index in [2.05, 4.69) is 29.1 Å². The highest BCUT2D eigenvalue weighted by Crippen LogP contribution is 2.10. The summed E-state index contributed by atoms with van der Waals surface area (Å²) in [5.41, 5.74) is 5.93. The second-order valence-corrected chi connectivity index (χ2v) is 5.05. The van der Waals surface area contributed by atoms with Gasteiger partial charge in [0, 0.05) is 32.6 Å². The number of nitrogens with one attached hydrogen (secondary N) is 1. The van der Waals surface area contributed by atoms with E-state index in [1.807, 2.05) is 0 Å². The Labute approximate surface area is 103 Å². The van der Waals surface area contributed by atoms with Crippen LogP contribution in [0.2, 0.25) is 0 Å². The molecule has 1 rings (SSSR count). The van der Waals surface area contributed by atoms with Crippen LogP contribution in [0.15, 0.2) is 4.99 Å². The Bertz CT molecular complexity index is 280. The Balaban J connectivity index is 2.35. The summed E-state index contributed by atoms with van der Waals surface area (Å²) < 4.78 is 0. The van der Waals surface area contributed by atoms with Crippen molar-refractivity contribution in [1.29, 1.82) is 0 Å². The largest absolute Gasteiger partial charge is 0.370 e. The fraction of sp³-hybridized carbons (Fsp3) is 0.833. The Hall–Kier alpha value is -1.26. The van der Waals surface area contributed by atoms with Crippen LogP contribution in [0.1, 0.15) is 33.6 Å². The molecule has 5 heteroatoms. The second-order valence-electron chi connectivity index (χ2n) is 5.05. The Morgan fingerprint density at radius 3 is 2.53 bits per heavy atom. The standard InChI is InChI=1S/C12H24N4O/c1-9(2)8-14-12(13)16-6-4-11(5-7-16)15-10(3)17/h9,11H,4-8H2,1-3H3,(H2,13,14)(H,15,17). The highest BCUT2D eigenvalue weighted by Gasteiger charge is 2.20. The van der Waals surface area contributed by atoms with E-state index in [0.29, 0.717) is 17.9 Å². The van der Waals surface area contributed by atoms with E-state index >= 15 is 0 Å². The van der Waals surface area contributed by atoms with Gasteiger partial charge < -0.3 is 16.0 Å². The summed E-state index contributed by atoms with van der Waals surface area (Å²) in [5.74, 6) is 1.22. The molecule has 0 aliphatic carbocycles. The van der Waals surface area contributed by atoms with E-state index in [1.54, 1.807) is 6.92 Å². The molecule has 0 bridgehead atoms. The molecule has 0 spiro atoms. The smallest absolute Gasteiger partial charge is 0.217 e. The molecule has 5 nitrogen and oxygen atoms in total. The van der Waals surface area contributed by atoms with Crippen molar-refractivity contribution in [1.82, 2.24) is 10.2 Å². The number of nitrogens with zero attached hydrogens (tertiary/aromatic N) is 2. The van der Waals surface area contributed by atoms with Gasteiger partial charge in [-0.2, -0.15) is 0 Å². The molecule has 0 atom stereocenters. The number of carbonyl (C=O) groups excluding carboxylic acids is 1. The molecular formula is C12H24N4O. The third-order valence-corrected chi connectivity index (χ3v) is 2.84. The van der Waals surface area contributed by atoms with Gasteiger partial charge in [0.25, 0.3) is 0 Å². The van der Waals surface area contributed by atoms with Gasteiger partial charge in [-0.05, 0) is 18.8 Å². The number of guanidine groups is 1. The fourth-order valence-corrected chi connectivity index (χ4v) is 1.92. The monoisotopic (exact) mass is 240 g/mol. The summed E-state index contributed by atoms with van der Waals surface area (Å²) in [5, 5.41) is 2.95. The first-order valence-corrected chi connectivity index (χ1v) is 6.31. The number of likely N-dealkylation sites (tertiary alicyclic amines) is 1. The topological polar surface area (TPSA) is 70.7 Å². The number of aliphatic imine (C=N–C) groups is 1. The summed E-state index contributed by atoms with van der Waals surface area (Å²) in [6, 6.07) is 0.293. The van der Waals surface area contributed by atoms with Crippen LogP contribution in [0.3, 0.4) is 0 Å². The molecule has 1 amide bonds. The SMILES string of the molecule is CC(=O)NC1CCN(C(N)=NCC(C)C)CC1. The van der Waals surface area contributed by atoms with Crippen molar-refractivity contribution >= 4 is 11.9 Å². The molecule has 3 N–H and O–H groups in total. The van der Waals surface area contributed by atoms with Crippen LogP contribution in [0.5, 0.6) is 0 Å². The first kappa shape index (κ1) is 13.8. The van der Waals surface area contributed by atoms with Crippen LogP contribution in [0, 0.1) is 5.92 Å². The van der Waals surface area contributed by atoms with Crippen molar-refractivity contribution in [2.24, 2.45) is 16.6 Å². The van der Waals surface area contributed by atoms with Crippen LogP contribution in [-0.2, 0) is 4.79 Å². The maximum absolute atomic E-state index is 10.9. The predicted molar refractivity (Wildman–Crippen MR) is 69.7 cm³/mol. The maximum atomic E-state index is 10.9. The first-order chi connectivity index (χ1) is 7.99. The lowest BCUT2D eigenvalue weighted by molar-refractivity contribution is -0.119. The zero-order valence-electron chi connectivity index (χ0n) is 11.1. The quantitative estimate of drug-likeness (QED) is 0.559. The first-order valence-electron chi connectivity index (χ1n) is 6.31. The molecule has 1 heterocycles. The summed E-state index contributed by atoms with van der Waals surface area (Å²) >= 11 is 0. The number of piperidine rings is 1. The molecule has 0 saturated carbocycles. The van der Waals surface area contributed by atoms with E-state index in [9.17, 15) is 4.79 Å². The van der Waals surface area contributed by atoms with Gasteiger partial charge in [0.2, 0.25) is 5.91 Å². The van der Waals surface area contributed by atoms with Gasteiger partial charge in [-0.15, -0.1) is 0 Å². The van der Waals surface area contributed by atoms with Gasteiger partial charge in [0.1, 0.15) is 0 Å². The summed E-state index contributed by atoms with van der Waals surface area (Å²) in [4.78, 5) is 17.4. The van der Waals surface area contributed by atoms with Gasteiger partial charge in [-0.3, -0.25) is 9.79 Å². The van der Waals surface area contributed by atoms with Crippen molar-refractivity contribution < 1.29 is 4.79 Å². The van der Waals surface area contributed by atoms with E-state index in [-0.39, 0.29) is 5.91 Å². The molecule has 1 fully saturated rings. The number of amides is 1. The highest BCUT2D eigenvalue weighted by atomic mass is 16.1. The van der Waals surface area contributed by atoms with Gasteiger partial charge in [0.05, 0.1) is 0 Å². The minimum atomic E-state index is 0.0462. The van der Waals surface area contributed by atoms with Crippen molar-refractivity contribution in [2.45, 2.75) is 39.7 Å². The lowest BCUT2D eigenvalue weighted by atomic mass is 10.1. The highest BCUT2D eigenvalue weighted by molar-refractivity contribution is 5.78. The zero-order chi connectivity index (χ0) is 12.8. The average molecular weight is 240 g/mol. The van der Waals surface area contributed by atoms with Crippen LogP contribution in [0.25, 0.3) is 0 Å². The van der Waals surface area contributed by atoms with Gasteiger partial charge in [-0.1, -0.05) is 13.8 Å². The number of rotatable bonds is 3. The molecule has 1 aliphatic heterocycles.